The molecule has 4 heteroatoms. The quantitative estimate of drug-likeness (QED) is 0.445. The van der Waals surface area contributed by atoms with Crippen LogP contribution in [0.15, 0.2) is 12.2 Å². The Morgan fingerprint density at radius 3 is 2.65 bits per heavy atom. The average molecular weight is 324 g/mol. The number of aliphatic hydroxyl groups is 1. The van der Waals surface area contributed by atoms with E-state index in [1.165, 1.54) is 19.3 Å². The molecule has 0 aromatic rings. The van der Waals surface area contributed by atoms with Gasteiger partial charge in [0.15, 0.2) is 0 Å². The van der Waals surface area contributed by atoms with E-state index in [1.807, 2.05) is 6.08 Å². The number of aliphatic carboxylic acids is 1. The van der Waals surface area contributed by atoms with Gasteiger partial charge in [0.25, 0.3) is 0 Å². The molecule has 0 aliphatic heterocycles. The van der Waals surface area contributed by atoms with Gasteiger partial charge < -0.3 is 10.2 Å². The standard InChI is InChI=1S/C19H32O4/c1-3-5-6-7-8-14(4-2)17(20)11-9-15-10-12-18(21)16(15)13-19(22)23/h9,11,14-17,20H,3-8,10,12-13H2,1-2H3,(H,22,23)/t14?,15-,16+,17?/m1/s1. The summed E-state index contributed by atoms with van der Waals surface area (Å²) in [4.78, 5) is 22.7. The first-order valence-electron chi connectivity index (χ1n) is 9.10. The van der Waals surface area contributed by atoms with E-state index in [0.29, 0.717) is 12.8 Å². The van der Waals surface area contributed by atoms with Crippen molar-refractivity contribution in [1.82, 2.24) is 0 Å². The van der Waals surface area contributed by atoms with Crippen molar-refractivity contribution >= 4 is 11.8 Å². The summed E-state index contributed by atoms with van der Waals surface area (Å²) >= 11 is 0. The van der Waals surface area contributed by atoms with Gasteiger partial charge in [-0.05, 0) is 24.7 Å². The van der Waals surface area contributed by atoms with Crippen molar-refractivity contribution in [3.63, 3.8) is 0 Å². The van der Waals surface area contributed by atoms with E-state index in [9.17, 15) is 14.7 Å². The molecule has 0 aromatic carbocycles. The maximum absolute atomic E-state index is 11.8. The van der Waals surface area contributed by atoms with Crippen molar-refractivity contribution in [3.8, 4) is 0 Å². The summed E-state index contributed by atoms with van der Waals surface area (Å²) in [5, 5.41) is 19.3. The molecule has 1 saturated carbocycles. The topological polar surface area (TPSA) is 74.6 Å². The smallest absolute Gasteiger partial charge is 0.304 e. The van der Waals surface area contributed by atoms with Gasteiger partial charge in [0.1, 0.15) is 5.78 Å². The second-order valence-electron chi connectivity index (χ2n) is 6.77. The second-order valence-corrected chi connectivity index (χ2v) is 6.77. The van der Waals surface area contributed by atoms with Gasteiger partial charge in [-0.3, -0.25) is 9.59 Å². The van der Waals surface area contributed by atoms with Crippen LogP contribution in [0.5, 0.6) is 0 Å². The number of ketones is 1. The lowest BCUT2D eigenvalue weighted by molar-refractivity contribution is -0.140. The minimum Gasteiger partial charge on any atom is -0.481 e. The van der Waals surface area contributed by atoms with Crippen molar-refractivity contribution in [3.05, 3.63) is 12.2 Å². The number of hydrogen-bond donors (Lipinski definition) is 2. The van der Waals surface area contributed by atoms with Crippen LogP contribution in [-0.4, -0.2) is 28.1 Å². The highest BCUT2D eigenvalue weighted by atomic mass is 16.4. The Hall–Kier alpha value is -1.16. The van der Waals surface area contributed by atoms with Crippen LogP contribution in [0.4, 0.5) is 0 Å². The summed E-state index contributed by atoms with van der Waals surface area (Å²) in [6, 6.07) is 0. The Kier molecular flexibility index (Phi) is 9.15. The van der Waals surface area contributed by atoms with Gasteiger partial charge in [0.05, 0.1) is 12.5 Å². The van der Waals surface area contributed by atoms with E-state index in [4.69, 9.17) is 5.11 Å². The highest BCUT2D eigenvalue weighted by molar-refractivity contribution is 5.87. The predicted octanol–water partition coefficient (Wildman–Crippen LogP) is 3.97. The Morgan fingerprint density at radius 1 is 1.30 bits per heavy atom. The molecule has 4 atom stereocenters. The molecule has 0 aromatic heterocycles. The van der Waals surface area contributed by atoms with Gasteiger partial charge in [0, 0.05) is 12.3 Å². The van der Waals surface area contributed by atoms with Crippen LogP contribution in [-0.2, 0) is 9.59 Å². The Labute approximate surface area is 140 Å². The molecular weight excluding hydrogens is 292 g/mol. The van der Waals surface area contributed by atoms with E-state index in [-0.39, 0.29) is 24.0 Å². The second kappa shape index (κ2) is 10.6. The van der Waals surface area contributed by atoms with Crippen LogP contribution in [0, 0.1) is 17.8 Å². The van der Waals surface area contributed by atoms with Gasteiger partial charge in [-0.2, -0.15) is 0 Å². The van der Waals surface area contributed by atoms with E-state index in [0.717, 1.165) is 19.3 Å². The van der Waals surface area contributed by atoms with Gasteiger partial charge in [0.2, 0.25) is 0 Å². The number of carboxylic acid groups (broad SMARTS) is 1. The van der Waals surface area contributed by atoms with Crippen LogP contribution < -0.4 is 0 Å². The fraction of sp³-hybridized carbons (Fsp3) is 0.789. The molecule has 1 fully saturated rings. The summed E-state index contributed by atoms with van der Waals surface area (Å²) in [7, 11) is 0. The predicted molar refractivity (Wildman–Crippen MR) is 91.2 cm³/mol. The largest absolute Gasteiger partial charge is 0.481 e. The van der Waals surface area contributed by atoms with Crippen LogP contribution in [0.2, 0.25) is 0 Å². The molecule has 2 N–H and O–H groups in total. The van der Waals surface area contributed by atoms with Crippen LogP contribution in [0.3, 0.4) is 0 Å². The normalized spacial score (nSPS) is 24.2. The number of hydrogen-bond acceptors (Lipinski definition) is 3. The molecule has 0 saturated heterocycles. The molecule has 1 aliphatic rings. The maximum Gasteiger partial charge on any atom is 0.304 e. The third-order valence-corrected chi connectivity index (χ3v) is 5.04. The Bertz CT molecular complexity index is 402. The average Bonchev–Trinajstić information content (AvgIpc) is 2.85. The number of rotatable bonds is 11. The van der Waals surface area contributed by atoms with E-state index >= 15 is 0 Å². The number of unbranched alkanes of at least 4 members (excludes halogenated alkanes) is 3. The Morgan fingerprint density at radius 2 is 2.04 bits per heavy atom. The first kappa shape index (κ1) is 19.9. The number of carbonyl (C=O) groups is 2. The Balaban J connectivity index is 2.52. The van der Waals surface area contributed by atoms with Crippen LogP contribution in [0.1, 0.15) is 71.6 Å². The van der Waals surface area contributed by atoms with E-state index in [1.54, 1.807) is 6.08 Å². The fourth-order valence-corrected chi connectivity index (χ4v) is 3.48. The molecule has 0 heterocycles. The minimum absolute atomic E-state index is 0.0363. The monoisotopic (exact) mass is 324 g/mol. The number of carboxylic acids is 1. The molecule has 23 heavy (non-hydrogen) atoms. The van der Waals surface area contributed by atoms with Crippen molar-refractivity contribution in [1.29, 1.82) is 0 Å². The van der Waals surface area contributed by atoms with Crippen LogP contribution >= 0.6 is 0 Å². The van der Waals surface area contributed by atoms with E-state index < -0.39 is 18.0 Å². The highest BCUT2D eigenvalue weighted by Gasteiger charge is 2.34. The van der Waals surface area contributed by atoms with Gasteiger partial charge in [-0.1, -0.05) is 58.1 Å². The SMILES string of the molecule is CCCCCCC(CC)C(O)C=C[C@@H]1CCC(=O)[C@H]1CC(=O)O. The molecule has 1 aliphatic carbocycles. The summed E-state index contributed by atoms with van der Waals surface area (Å²) in [6.45, 7) is 4.28. The molecule has 0 bridgehead atoms. The summed E-state index contributed by atoms with van der Waals surface area (Å²) in [5.41, 5.74) is 0. The summed E-state index contributed by atoms with van der Waals surface area (Å²) in [5.74, 6) is -1.08. The third kappa shape index (κ3) is 6.86. The first-order chi connectivity index (χ1) is 11.0. The highest BCUT2D eigenvalue weighted by Crippen LogP contribution is 2.33. The maximum atomic E-state index is 11.8. The summed E-state index contributed by atoms with van der Waals surface area (Å²) in [6.07, 6.45) is 11.0. The molecule has 0 radical (unpaired) electrons. The van der Waals surface area contributed by atoms with Crippen molar-refractivity contribution in [2.45, 2.75) is 77.7 Å². The first-order valence-corrected chi connectivity index (χ1v) is 9.10. The lowest BCUT2D eigenvalue weighted by Gasteiger charge is -2.20. The zero-order valence-electron chi connectivity index (χ0n) is 14.5. The molecule has 0 amide bonds. The van der Waals surface area contributed by atoms with Gasteiger partial charge in [-0.15, -0.1) is 0 Å². The number of aliphatic hydroxyl groups excluding tert-OH is 1. The zero-order chi connectivity index (χ0) is 17.2. The van der Waals surface area contributed by atoms with Crippen molar-refractivity contribution in [2.24, 2.45) is 17.8 Å². The number of allylic oxidation sites excluding steroid dienone is 1. The zero-order valence-corrected chi connectivity index (χ0v) is 14.5. The third-order valence-electron chi connectivity index (χ3n) is 5.04. The van der Waals surface area contributed by atoms with E-state index in [2.05, 4.69) is 13.8 Å². The lowest BCUT2D eigenvalue weighted by atomic mass is 9.89. The van der Waals surface area contributed by atoms with Crippen molar-refractivity contribution < 1.29 is 19.8 Å². The lowest BCUT2D eigenvalue weighted by Crippen LogP contribution is -2.20. The molecule has 0 spiro atoms. The number of carbonyl (C=O) groups excluding carboxylic acids is 1. The molecule has 2 unspecified atom stereocenters. The van der Waals surface area contributed by atoms with Crippen LogP contribution in [0.25, 0.3) is 0 Å². The fourth-order valence-electron chi connectivity index (χ4n) is 3.48. The molecular formula is C19H32O4. The van der Waals surface area contributed by atoms with Gasteiger partial charge in [-0.25, -0.2) is 0 Å². The molecule has 4 nitrogen and oxygen atoms in total. The van der Waals surface area contributed by atoms with Crippen molar-refractivity contribution in [2.75, 3.05) is 0 Å². The molecule has 1 rings (SSSR count). The molecule has 132 valence electrons. The van der Waals surface area contributed by atoms with Gasteiger partial charge >= 0.3 is 5.97 Å². The number of Topliss-reactive ketones (excluding diaryl/α,β-unsaturated/α-hetero) is 1. The minimum atomic E-state index is -0.924. The summed E-state index contributed by atoms with van der Waals surface area (Å²) < 4.78 is 0.